The fourth-order valence-corrected chi connectivity index (χ4v) is 4.27. The van der Waals surface area contributed by atoms with Crippen molar-refractivity contribution in [2.24, 2.45) is 28.8 Å². The first-order chi connectivity index (χ1) is 13.0. The van der Waals surface area contributed by atoms with E-state index >= 15 is 0 Å². The molecule has 1 saturated heterocycles. The molecule has 140 valence electrons. The van der Waals surface area contributed by atoms with Crippen molar-refractivity contribution in [1.29, 1.82) is 0 Å². The topological polar surface area (TPSA) is 111 Å². The first kappa shape index (κ1) is 17.2. The van der Waals surface area contributed by atoms with Gasteiger partial charge in [-0.05, 0) is 24.3 Å². The second kappa shape index (κ2) is 6.19. The monoisotopic (exact) mass is 371 g/mol. The molecule has 9 heteroatoms. The number of hydrogen-bond donors (Lipinski definition) is 0. The number of carbonyl (C=O) groups excluding carboxylic acids is 2. The number of rotatable bonds is 5. The first-order valence-corrected chi connectivity index (χ1v) is 8.46. The van der Waals surface area contributed by atoms with Crippen LogP contribution in [0.25, 0.3) is 0 Å². The highest BCUT2D eigenvalue weighted by Gasteiger charge is 2.59. The summed E-state index contributed by atoms with van der Waals surface area (Å²) in [5.41, 5.74) is -0.158. The third-order valence-corrected chi connectivity index (χ3v) is 5.49. The van der Waals surface area contributed by atoms with Gasteiger partial charge in [-0.1, -0.05) is 12.2 Å². The molecular weight excluding hydrogens is 354 g/mol. The maximum Gasteiger partial charge on any atom is 0.282 e. The van der Waals surface area contributed by atoms with Crippen LogP contribution in [0, 0.1) is 33.8 Å². The summed E-state index contributed by atoms with van der Waals surface area (Å²) in [4.78, 5) is 36.0. The zero-order chi connectivity index (χ0) is 19.3. The zero-order valence-corrected chi connectivity index (χ0v) is 14.7. The number of imide groups is 1. The van der Waals surface area contributed by atoms with Gasteiger partial charge in [0.25, 0.3) is 17.5 Å². The molecule has 3 aliphatic rings. The molecule has 4 rings (SSSR count). The van der Waals surface area contributed by atoms with Crippen LogP contribution in [0.4, 0.5) is 5.69 Å². The Kier molecular flexibility index (Phi) is 3.94. The number of methoxy groups -OCH3 is 2. The normalized spacial score (nSPS) is 28.3. The van der Waals surface area contributed by atoms with E-state index in [0.717, 1.165) is 17.6 Å². The molecule has 2 fully saturated rings. The summed E-state index contributed by atoms with van der Waals surface area (Å²) in [7, 11) is 2.78. The SMILES string of the molecule is COc1cc(/C=N\N2C(=O)[C@@H]3[C@H](C2=O)[C@@H]2C=C[C@@H]3C2)c([N+](=O)[O-])cc1OC. The van der Waals surface area contributed by atoms with Crippen LogP contribution in [0.15, 0.2) is 29.4 Å². The number of hydrazone groups is 1. The number of nitrogens with zero attached hydrogens (tertiary/aromatic N) is 3. The van der Waals surface area contributed by atoms with Crippen LogP contribution < -0.4 is 9.47 Å². The number of allylic oxidation sites excluding steroid dienone is 2. The van der Waals surface area contributed by atoms with Crippen LogP contribution in [0.5, 0.6) is 11.5 Å². The predicted octanol–water partition coefficient (Wildman–Crippen LogP) is 1.75. The molecule has 0 unspecified atom stereocenters. The summed E-state index contributed by atoms with van der Waals surface area (Å²) in [5.74, 6) is -0.800. The van der Waals surface area contributed by atoms with Crippen molar-refractivity contribution >= 4 is 23.7 Å². The van der Waals surface area contributed by atoms with E-state index < -0.39 is 4.92 Å². The number of hydrogen-bond acceptors (Lipinski definition) is 7. The number of benzene rings is 1. The van der Waals surface area contributed by atoms with Crippen molar-refractivity contribution in [3.8, 4) is 11.5 Å². The van der Waals surface area contributed by atoms with Gasteiger partial charge in [0.05, 0.1) is 48.8 Å². The Morgan fingerprint density at radius 3 is 2.19 bits per heavy atom. The minimum atomic E-state index is -0.587. The van der Waals surface area contributed by atoms with E-state index in [-0.39, 0.29) is 58.2 Å². The van der Waals surface area contributed by atoms with E-state index in [4.69, 9.17) is 9.47 Å². The Balaban J connectivity index is 1.66. The molecule has 0 N–H and O–H groups in total. The second-order valence-electron chi connectivity index (χ2n) is 6.76. The molecule has 2 aliphatic carbocycles. The minimum Gasteiger partial charge on any atom is -0.493 e. The van der Waals surface area contributed by atoms with Crippen LogP contribution in [0.1, 0.15) is 12.0 Å². The maximum atomic E-state index is 12.6. The van der Waals surface area contributed by atoms with Gasteiger partial charge in [0.2, 0.25) is 0 Å². The zero-order valence-electron chi connectivity index (χ0n) is 14.7. The van der Waals surface area contributed by atoms with Gasteiger partial charge in [-0.15, -0.1) is 0 Å². The largest absolute Gasteiger partial charge is 0.493 e. The number of nitro groups is 1. The average molecular weight is 371 g/mol. The fourth-order valence-electron chi connectivity index (χ4n) is 4.27. The smallest absolute Gasteiger partial charge is 0.282 e. The van der Waals surface area contributed by atoms with Crippen LogP contribution in [0.3, 0.4) is 0 Å². The Morgan fingerprint density at radius 2 is 1.67 bits per heavy atom. The van der Waals surface area contributed by atoms with Crippen molar-refractivity contribution in [1.82, 2.24) is 5.01 Å². The predicted molar refractivity (Wildman–Crippen MR) is 93.4 cm³/mol. The van der Waals surface area contributed by atoms with E-state index in [1.165, 1.54) is 26.4 Å². The molecule has 0 spiro atoms. The molecule has 2 amide bonds. The Hall–Kier alpha value is -3.23. The van der Waals surface area contributed by atoms with E-state index in [1.807, 2.05) is 12.2 Å². The van der Waals surface area contributed by atoms with E-state index in [0.29, 0.717) is 0 Å². The molecule has 0 aromatic heterocycles. The van der Waals surface area contributed by atoms with Crippen molar-refractivity contribution in [2.45, 2.75) is 6.42 Å². The summed E-state index contributed by atoms with van der Waals surface area (Å²) in [5, 5.41) is 16.2. The molecular formula is C18H17N3O6. The minimum absolute atomic E-state index is 0.0760. The van der Waals surface area contributed by atoms with E-state index in [1.54, 1.807) is 0 Å². The van der Waals surface area contributed by atoms with Crippen LogP contribution in [0.2, 0.25) is 0 Å². The lowest BCUT2D eigenvalue weighted by Gasteiger charge is -2.13. The summed E-state index contributed by atoms with van der Waals surface area (Å²) in [6.45, 7) is 0. The first-order valence-electron chi connectivity index (χ1n) is 8.46. The van der Waals surface area contributed by atoms with Crippen LogP contribution in [-0.2, 0) is 9.59 Å². The third kappa shape index (κ3) is 2.49. The van der Waals surface area contributed by atoms with Crippen LogP contribution >= 0.6 is 0 Å². The molecule has 1 saturated carbocycles. The average Bonchev–Trinajstić information content (AvgIpc) is 3.34. The number of ether oxygens (including phenoxy) is 2. The van der Waals surface area contributed by atoms with Crippen molar-refractivity contribution in [2.75, 3.05) is 14.2 Å². The van der Waals surface area contributed by atoms with Gasteiger partial charge >= 0.3 is 0 Å². The maximum absolute atomic E-state index is 12.6. The van der Waals surface area contributed by atoms with Gasteiger partial charge in [0, 0.05) is 0 Å². The highest BCUT2D eigenvalue weighted by atomic mass is 16.6. The standard InChI is InChI=1S/C18H17N3O6/c1-26-13-6-11(12(21(24)25)7-14(13)27-2)8-19-20-17(22)15-9-3-4-10(5-9)16(15)18(20)23/h3-4,6-10,15-16H,5H2,1-2H3/b19-8-/t9-,10-,15-,16+/m1/s1. The number of nitro benzene ring substituents is 1. The Morgan fingerprint density at radius 1 is 1.11 bits per heavy atom. The van der Waals surface area contributed by atoms with Gasteiger partial charge in [-0.3, -0.25) is 19.7 Å². The summed E-state index contributed by atoms with van der Waals surface area (Å²) >= 11 is 0. The van der Waals surface area contributed by atoms with Gasteiger partial charge in [-0.2, -0.15) is 10.1 Å². The molecule has 9 nitrogen and oxygen atoms in total. The Bertz CT molecular complexity index is 879. The number of fused-ring (bicyclic) bond motifs is 5. The fraction of sp³-hybridized carbons (Fsp3) is 0.389. The molecule has 2 bridgehead atoms. The van der Waals surface area contributed by atoms with E-state index in [2.05, 4.69) is 5.10 Å². The van der Waals surface area contributed by atoms with Crippen molar-refractivity contribution in [3.05, 3.63) is 40.0 Å². The number of carbonyl (C=O) groups is 2. The second-order valence-corrected chi connectivity index (χ2v) is 6.76. The van der Waals surface area contributed by atoms with Gasteiger partial charge < -0.3 is 9.47 Å². The summed E-state index contributed by atoms with van der Waals surface area (Å²) in [6.07, 6.45) is 5.95. The van der Waals surface area contributed by atoms with Gasteiger partial charge in [0.15, 0.2) is 11.5 Å². The van der Waals surface area contributed by atoms with Gasteiger partial charge in [-0.25, -0.2) is 0 Å². The van der Waals surface area contributed by atoms with Crippen LogP contribution in [-0.4, -0.2) is 42.2 Å². The van der Waals surface area contributed by atoms with Crippen molar-refractivity contribution < 1.29 is 24.0 Å². The third-order valence-electron chi connectivity index (χ3n) is 5.49. The molecule has 0 radical (unpaired) electrons. The molecule has 1 heterocycles. The lowest BCUT2D eigenvalue weighted by molar-refractivity contribution is -0.385. The molecule has 4 atom stereocenters. The Labute approximate surface area is 154 Å². The van der Waals surface area contributed by atoms with Gasteiger partial charge in [0.1, 0.15) is 0 Å². The highest BCUT2D eigenvalue weighted by molar-refractivity contribution is 6.07. The number of amides is 2. The molecule has 27 heavy (non-hydrogen) atoms. The van der Waals surface area contributed by atoms with Crippen molar-refractivity contribution in [3.63, 3.8) is 0 Å². The molecule has 1 aromatic carbocycles. The molecule has 1 aromatic rings. The quantitative estimate of drug-likeness (QED) is 0.256. The highest BCUT2D eigenvalue weighted by Crippen LogP contribution is 2.52. The summed E-state index contributed by atoms with van der Waals surface area (Å²) in [6, 6.07) is 2.60. The summed E-state index contributed by atoms with van der Waals surface area (Å²) < 4.78 is 10.2. The lowest BCUT2D eigenvalue weighted by Crippen LogP contribution is -2.28. The molecule has 1 aliphatic heterocycles. The lowest BCUT2D eigenvalue weighted by atomic mass is 9.85. The van der Waals surface area contributed by atoms with E-state index in [9.17, 15) is 19.7 Å².